The number of aryl methyl sites for hydroxylation is 1. The van der Waals surface area contributed by atoms with E-state index in [0.29, 0.717) is 18.8 Å². The molecule has 0 spiro atoms. The number of carbonyl (C=O) groups excluding carboxylic acids is 1. The van der Waals surface area contributed by atoms with Gasteiger partial charge in [0, 0.05) is 42.2 Å². The third-order valence-electron chi connectivity index (χ3n) is 6.67. The first-order valence-electron chi connectivity index (χ1n) is 10.7. The van der Waals surface area contributed by atoms with E-state index in [9.17, 15) is 9.59 Å². The largest absolute Gasteiger partial charge is 0.373 e. The predicted octanol–water partition coefficient (Wildman–Crippen LogP) is 3.99. The Balaban J connectivity index is 1.56. The van der Waals surface area contributed by atoms with Gasteiger partial charge in [0.1, 0.15) is 11.2 Å². The number of pyridine rings is 1. The number of fused-ring (bicyclic) bond motifs is 2. The van der Waals surface area contributed by atoms with Gasteiger partial charge in [0.15, 0.2) is 0 Å². The van der Waals surface area contributed by atoms with E-state index < -0.39 is 5.91 Å². The van der Waals surface area contributed by atoms with Crippen LogP contribution in [0.1, 0.15) is 28.1 Å². The van der Waals surface area contributed by atoms with Crippen LogP contribution in [0, 0.1) is 0 Å². The van der Waals surface area contributed by atoms with E-state index in [1.165, 1.54) is 19.5 Å². The number of amides is 1. The van der Waals surface area contributed by atoms with Crippen LogP contribution in [0.25, 0.3) is 21.0 Å². The highest BCUT2D eigenvalue weighted by atomic mass is 32.1. The number of nitrogens with two attached hydrogens (primary N) is 1. The maximum atomic E-state index is 13.0. The van der Waals surface area contributed by atoms with Gasteiger partial charge in [-0.15, -0.1) is 11.3 Å². The number of benzene rings is 2. The van der Waals surface area contributed by atoms with Crippen LogP contribution < -0.4 is 16.2 Å². The molecule has 1 aliphatic rings. The number of aromatic nitrogens is 1. The molecule has 1 amide bonds. The lowest BCUT2D eigenvalue weighted by Gasteiger charge is -2.42. The minimum Gasteiger partial charge on any atom is -0.373 e. The van der Waals surface area contributed by atoms with Gasteiger partial charge in [0.25, 0.3) is 11.5 Å². The van der Waals surface area contributed by atoms with Crippen molar-refractivity contribution in [1.82, 2.24) is 4.57 Å². The number of primary amides is 1. The molecule has 0 bridgehead atoms. The van der Waals surface area contributed by atoms with Gasteiger partial charge in [-0.3, -0.25) is 9.59 Å². The van der Waals surface area contributed by atoms with Gasteiger partial charge in [-0.2, -0.15) is 0 Å². The summed E-state index contributed by atoms with van der Waals surface area (Å²) in [6.07, 6.45) is 1.50. The lowest BCUT2D eigenvalue weighted by atomic mass is 9.88. The molecule has 1 saturated heterocycles. The summed E-state index contributed by atoms with van der Waals surface area (Å²) in [5.74, 6) is -0.695. The highest BCUT2D eigenvalue weighted by Crippen LogP contribution is 2.43. The number of thiophene rings is 1. The van der Waals surface area contributed by atoms with E-state index in [1.807, 2.05) is 30.3 Å². The van der Waals surface area contributed by atoms with Gasteiger partial charge in [0.2, 0.25) is 0 Å². The van der Waals surface area contributed by atoms with Crippen molar-refractivity contribution in [2.75, 3.05) is 25.1 Å². The summed E-state index contributed by atoms with van der Waals surface area (Å²) in [6, 6.07) is 18.2. The minimum absolute atomic E-state index is 0.0537. The third-order valence-corrected chi connectivity index (χ3v) is 7.98. The standard InChI is InChI=1S/C25H25N3O3S/c1-27-18-9-5-4-8-17(18)22(21(23(26)29)24(27)30)28-13-11-25(31-2,12-14-28)20-15-16-7-3-6-10-19(16)32-20/h3-10,15H,11-14H2,1-2H3,(H2,26,29). The SMILES string of the molecule is COC1(c2cc3ccccc3s2)CCN(c2c(C(N)=O)c(=O)n(C)c3ccccc23)CC1. The number of nitrogens with zero attached hydrogens (tertiary/aromatic N) is 2. The molecular formula is C25H25N3O3S. The zero-order valence-corrected chi connectivity index (χ0v) is 18.9. The van der Waals surface area contributed by atoms with Gasteiger partial charge in [-0.1, -0.05) is 36.4 Å². The summed E-state index contributed by atoms with van der Waals surface area (Å²) < 4.78 is 8.86. The number of para-hydroxylation sites is 1. The van der Waals surface area contributed by atoms with Crippen LogP contribution in [0.15, 0.2) is 59.4 Å². The maximum absolute atomic E-state index is 13.0. The van der Waals surface area contributed by atoms with Crippen molar-refractivity contribution in [3.05, 3.63) is 75.4 Å². The molecule has 2 aromatic heterocycles. The van der Waals surface area contributed by atoms with Crippen molar-refractivity contribution >= 4 is 43.9 Å². The molecule has 0 atom stereocenters. The summed E-state index contributed by atoms with van der Waals surface area (Å²) in [7, 11) is 3.44. The topological polar surface area (TPSA) is 77.6 Å². The number of piperidine rings is 1. The molecule has 32 heavy (non-hydrogen) atoms. The molecule has 0 saturated carbocycles. The van der Waals surface area contributed by atoms with E-state index in [4.69, 9.17) is 10.5 Å². The number of ether oxygens (including phenoxy) is 1. The van der Waals surface area contributed by atoms with Gasteiger partial charge in [0.05, 0.1) is 11.2 Å². The van der Waals surface area contributed by atoms with E-state index >= 15 is 0 Å². The normalized spacial score (nSPS) is 16.0. The van der Waals surface area contributed by atoms with Crippen LogP contribution in [-0.2, 0) is 17.4 Å². The molecule has 0 radical (unpaired) electrons. The lowest BCUT2D eigenvalue weighted by Crippen LogP contribution is -2.45. The fraction of sp³-hybridized carbons (Fsp3) is 0.280. The van der Waals surface area contributed by atoms with Crippen LogP contribution in [0.2, 0.25) is 0 Å². The predicted molar refractivity (Wildman–Crippen MR) is 130 cm³/mol. The molecule has 5 rings (SSSR count). The van der Waals surface area contributed by atoms with Gasteiger partial charge in [-0.05, 0) is 36.4 Å². The molecule has 1 fully saturated rings. The Morgan fingerprint density at radius 2 is 1.78 bits per heavy atom. The second-order valence-corrected chi connectivity index (χ2v) is 9.39. The number of methoxy groups -OCH3 is 1. The minimum atomic E-state index is -0.695. The van der Waals surface area contributed by atoms with E-state index in [2.05, 4.69) is 29.2 Å². The zero-order valence-electron chi connectivity index (χ0n) is 18.1. The highest BCUT2D eigenvalue weighted by Gasteiger charge is 2.39. The quantitative estimate of drug-likeness (QED) is 0.513. The number of hydrogen-bond acceptors (Lipinski definition) is 5. The summed E-state index contributed by atoms with van der Waals surface area (Å²) in [5, 5.41) is 2.08. The van der Waals surface area contributed by atoms with Crippen molar-refractivity contribution in [1.29, 1.82) is 0 Å². The molecule has 6 nitrogen and oxygen atoms in total. The second-order valence-electron chi connectivity index (χ2n) is 8.30. The molecule has 164 valence electrons. The molecule has 0 unspecified atom stereocenters. The zero-order chi connectivity index (χ0) is 22.5. The number of rotatable bonds is 4. The Hall–Kier alpha value is -3.16. The smallest absolute Gasteiger partial charge is 0.265 e. The van der Waals surface area contributed by atoms with E-state index in [0.717, 1.165) is 23.7 Å². The molecule has 2 aromatic carbocycles. The first-order chi connectivity index (χ1) is 15.4. The summed E-state index contributed by atoms with van der Waals surface area (Å²) >= 11 is 1.77. The Morgan fingerprint density at radius 1 is 1.09 bits per heavy atom. The third kappa shape index (κ3) is 3.12. The van der Waals surface area contributed by atoms with E-state index in [1.54, 1.807) is 25.5 Å². The Bertz CT molecular complexity index is 1360. The van der Waals surface area contributed by atoms with Gasteiger partial charge in [-0.25, -0.2) is 0 Å². The Morgan fingerprint density at radius 3 is 2.47 bits per heavy atom. The number of anilines is 1. The van der Waals surface area contributed by atoms with Crippen LogP contribution in [-0.4, -0.2) is 30.7 Å². The number of hydrogen-bond donors (Lipinski definition) is 1. The molecular weight excluding hydrogens is 422 g/mol. The van der Waals surface area contributed by atoms with Crippen molar-refractivity contribution in [2.45, 2.75) is 18.4 Å². The maximum Gasteiger partial charge on any atom is 0.265 e. The monoisotopic (exact) mass is 447 g/mol. The Kier molecular flexibility index (Phi) is 5.03. The molecule has 2 N–H and O–H groups in total. The average molecular weight is 448 g/mol. The van der Waals surface area contributed by atoms with Crippen LogP contribution in [0.4, 0.5) is 5.69 Å². The summed E-state index contributed by atoms with van der Waals surface area (Å²) in [4.78, 5) is 28.7. The van der Waals surface area contributed by atoms with Crippen LogP contribution in [0.3, 0.4) is 0 Å². The van der Waals surface area contributed by atoms with Crippen molar-refractivity contribution < 1.29 is 9.53 Å². The van der Waals surface area contributed by atoms with Gasteiger partial charge < -0.3 is 19.9 Å². The van der Waals surface area contributed by atoms with Crippen molar-refractivity contribution in [2.24, 2.45) is 12.8 Å². The fourth-order valence-corrected chi connectivity index (χ4v) is 6.17. The second kappa shape index (κ2) is 7.76. The van der Waals surface area contributed by atoms with Gasteiger partial charge >= 0.3 is 0 Å². The lowest BCUT2D eigenvalue weighted by molar-refractivity contribution is -0.0315. The molecule has 0 aliphatic carbocycles. The first kappa shape index (κ1) is 20.7. The average Bonchev–Trinajstić information content (AvgIpc) is 3.26. The van der Waals surface area contributed by atoms with E-state index in [-0.39, 0.29) is 16.7 Å². The Labute approximate surface area is 189 Å². The highest BCUT2D eigenvalue weighted by molar-refractivity contribution is 7.19. The molecule has 1 aliphatic heterocycles. The van der Waals surface area contributed by atoms with Crippen LogP contribution >= 0.6 is 11.3 Å². The molecule has 4 aromatic rings. The van der Waals surface area contributed by atoms with Crippen LogP contribution in [0.5, 0.6) is 0 Å². The molecule has 7 heteroatoms. The van der Waals surface area contributed by atoms with Crippen molar-refractivity contribution in [3.63, 3.8) is 0 Å². The number of carbonyl (C=O) groups is 1. The molecule has 3 heterocycles. The summed E-state index contributed by atoms with van der Waals surface area (Å²) in [6.45, 7) is 1.30. The fourth-order valence-electron chi connectivity index (χ4n) is 4.88. The first-order valence-corrected chi connectivity index (χ1v) is 11.5. The summed E-state index contributed by atoms with van der Waals surface area (Å²) in [5.41, 5.74) is 6.42. The van der Waals surface area contributed by atoms with Crippen molar-refractivity contribution in [3.8, 4) is 0 Å².